The molecule has 8 nitrogen and oxygen atoms in total. The number of nitro groups is 1. The predicted molar refractivity (Wildman–Crippen MR) is 109 cm³/mol. The van der Waals surface area contributed by atoms with Gasteiger partial charge in [0.05, 0.1) is 19.7 Å². The number of methoxy groups -OCH3 is 1. The van der Waals surface area contributed by atoms with E-state index in [1.807, 2.05) is 0 Å². The second kappa shape index (κ2) is 9.15. The minimum atomic E-state index is -1.73. The summed E-state index contributed by atoms with van der Waals surface area (Å²) >= 11 is 3.39. The van der Waals surface area contributed by atoms with E-state index in [0.717, 1.165) is 17.0 Å². The van der Waals surface area contributed by atoms with Gasteiger partial charge in [0.1, 0.15) is 23.5 Å². The molecule has 0 aliphatic carbocycles. The van der Waals surface area contributed by atoms with E-state index in [4.69, 9.17) is 4.74 Å². The number of amides is 1. The number of aliphatic hydroxyl groups excluding tert-OH is 1. The third kappa shape index (κ3) is 4.77. The molecule has 0 radical (unpaired) electrons. The zero-order chi connectivity index (χ0) is 22.9. The van der Waals surface area contributed by atoms with Gasteiger partial charge in [0.15, 0.2) is 0 Å². The van der Waals surface area contributed by atoms with Crippen molar-refractivity contribution in [1.82, 2.24) is 4.90 Å². The fourth-order valence-corrected chi connectivity index (χ4v) is 4.43. The van der Waals surface area contributed by atoms with Crippen molar-refractivity contribution in [3.8, 4) is 5.75 Å². The maximum Gasteiger partial charge on any atom is 0.407 e. The van der Waals surface area contributed by atoms with Crippen molar-refractivity contribution >= 4 is 22.0 Å². The fourth-order valence-electron chi connectivity index (χ4n) is 3.90. The van der Waals surface area contributed by atoms with Gasteiger partial charge in [-0.1, -0.05) is 15.9 Å². The van der Waals surface area contributed by atoms with Crippen molar-refractivity contribution in [2.75, 3.05) is 7.11 Å². The zero-order valence-electron chi connectivity index (χ0n) is 16.3. The lowest BCUT2D eigenvalue weighted by molar-refractivity contribution is -0.535. The Labute approximate surface area is 184 Å². The number of carbonyl (C=O) groups is 1. The van der Waals surface area contributed by atoms with Crippen molar-refractivity contribution in [2.24, 2.45) is 0 Å². The first-order chi connectivity index (χ1) is 14.6. The molecule has 0 bridgehead atoms. The summed E-state index contributed by atoms with van der Waals surface area (Å²) < 4.78 is 33.0. The van der Waals surface area contributed by atoms with Crippen molar-refractivity contribution in [3.63, 3.8) is 0 Å². The highest BCUT2D eigenvalue weighted by Crippen LogP contribution is 2.37. The van der Waals surface area contributed by atoms with Gasteiger partial charge in [0, 0.05) is 27.4 Å². The monoisotopic (exact) mass is 500 g/mol. The highest BCUT2D eigenvalue weighted by atomic mass is 79.9. The predicted octanol–water partition coefficient (Wildman–Crippen LogP) is 3.39. The van der Waals surface area contributed by atoms with Crippen LogP contribution in [-0.4, -0.2) is 51.4 Å². The molecule has 2 N–H and O–H groups in total. The lowest BCUT2D eigenvalue weighted by atomic mass is 9.87. The molecule has 0 fully saturated rings. The summed E-state index contributed by atoms with van der Waals surface area (Å²) in [5, 5.41) is 32.3. The number of nitrogens with zero attached hydrogens (tertiary/aromatic N) is 2. The first-order valence-electron chi connectivity index (χ1n) is 9.22. The van der Waals surface area contributed by atoms with Gasteiger partial charge >= 0.3 is 6.09 Å². The molecule has 0 saturated carbocycles. The van der Waals surface area contributed by atoms with Crippen molar-refractivity contribution in [2.45, 2.75) is 37.6 Å². The number of carboxylic acid groups (broad SMARTS) is 1. The van der Waals surface area contributed by atoms with Crippen LogP contribution < -0.4 is 4.74 Å². The SMILES string of the molecule is COc1ccc(Br)c2c1CN(C(=O)O)C([C@@H](O)[C@H](Cc1cc(F)cc(F)c1)[N+](=O)[O-])C2. The van der Waals surface area contributed by atoms with Crippen molar-refractivity contribution in [1.29, 1.82) is 0 Å². The zero-order valence-corrected chi connectivity index (χ0v) is 17.9. The van der Waals surface area contributed by atoms with Gasteiger partial charge in [0.25, 0.3) is 0 Å². The third-order valence-electron chi connectivity index (χ3n) is 5.37. The summed E-state index contributed by atoms with van der Waals surface area (Å²) in [6.45, 7) is -0.145. The molecular formula is C20H19BrF2N2O6. The molecule has 0 aromatic heterocycles. The molecular weight excluding hydrogens is 482 g/mol. The van der Waals surface area contributed by atoms with Gasteiger partial charge < -0.3 is 14.9 Å². The van der Waals surface area contributed by atoms with E-state index >= 15 is 0 Å². The van der Waals surface area contributed by atoms with Crippen LogP contribution in [0.15, 0.2) is 34.8 Å². The Kier molecular flexibility index (Phi) is 6.75. The van der Waals surface area contributed by atoms with E-state index in [-0.39, 0.29) is 18.5 Å². The van der Waals surface area contributed by atoms with Crippen LogP contribution in [0.1, 0.15) is 16.7 Å². The van der Waals surface area contributed by atoms with E-state index in [1.54, 1.807) is 12.1 Å². The smallest absolute Gasteiger partial charge is 0.407 e. The van der Waals surface area contributed by atoms with Crippen LogP contribution in [0.5, 0.6) is 5.75 Å². The minimum absolute atomic E-state index is 0.0115. The first kappa shape index (κ1) is 22.9. The molecule has 2 aromatic rings. The van der Waals surface area contributed by atoms with Gasteiger partial charge in [0.2, 0.25) is 6.04 Å². The number of hydrogen-bond acceptors (Lipinski definition) is 5. The molecule has 2 aromatic carbocycles. The standard InChI is InChI=1S/C20H19BrF2N2O6/c1-31-18-3-2-15(21)13-8-16(24(20(27)28)9-14(13)18)19(26)17(25(29)30)6-10-4-11(22)7-12(23)5-10/h2-5,7,16-17,19,26H,6,8-9H2,1H3,(H,27,28)/t16?,17-,19+/m0/s1. The molecule has 0 spiro atoms. The lowest BCUT2D eigenvalue weighted by Crippen LogP contribution is -2.55. The average molecular weight is 501 g/mol. The molecule has 1 aliphatic rings. The largest absolute Gasteiger partial charge is 0.496 e. The second-order valence-corrected chi connectivity index (χ2v) is 8.07. The van der Waals surface area contributed by atoms with E-state index in [0.29, 0.717) is 27.4 Å². The number of fused-ring (bicyclic) bond motifs is 1. The van der Waals surface area contributed by atoms with Crippen LogP contribution >= 0.6 is 15.9 Å². The van der Waals surface area contributed by atoms with Gasteiger partial charge in [-0.05, 0) is 41.8 Å². The molecule has 1 amide bonds. The Morgan fingerprint density at radius 1 is 1.32 bits per heavy atom. The van der Waals surface area contributed by atoms with Gasteiger partial charge in [-0.2, -0.15) is 0 Å². The number of ether oxygens (including phenoxy) is 1. The summed E-state index contributed by atoms with van der Waals surface area (Å²) in [6, 6.07) is 3.06. The van der Waals surface area contributed by atoms with Crippen LogP contribution in [0.3, 0.4) is 0 Å². The van der Waals surface area contributed by atoms with Gasteiger partial charge in [-0.3, -0.25) is 15.0 Å². The van der Waals surface area contributed by atoms with Crippen LogP contribution in [0.4, 0.5) is 13.6 Å². The van der Waals surface area contributed by atoms with E-state index in [2.05, 4.69) is 15.9 Å². The maximum atomic E-state index is 13.5. The highest BCUT2D eigenvalue weighted by Gasteiger charge is 2.44. The Morgan fingerprint density at radius 3 is 2.52 bits per heavy atom. The van der Waals surface area contributed by atoms with Gasteiger partial charge in [-0.25, -0.2) is 13.6 Å². The third-order valence-corrected chi connectivity index (χ3v) is 6.11. The summed E-state index contributed by atoms with van der Waals surface area (Å²) in [5.41, 5.74) is 1.24. The summed E-state index contributed by atoms with van der Waals surface area (Å²) in [5.74, 6) is -1.35. The van der Waals surface area contributed by atoms with Crippen molar-refractivity contribution < 1.29 is 33.4 Å². The van der Waals surface area contributed by atoms with Gasteiger partial charge in [-0.15, -0.1) is 0 Å². The van der Waals surface area contributed by atoms with E-state index < -0.39 is 47.3 Å². The van der Waals surface area contributed by atoms with Crippen LogP contribution in [0.2, 0.25) is 0 Å². The normalized spacial score (nSPS) is 17.6. The summed E-state index contributed by atoms with van der Waals surface area (Å²) in [7, 11) is 1.44. The van der Waals surface area contributed by atoms with E-state index in [9.17, 15) is 33.9 Å². The Hall–Kier alpha value is -2.79. The number of hydrogen-bond donors (Lipinski definition) is 2. The first-order valence-corrected chi connectivity index (χ1v) is 10.0. The molecule has 166 valence electrons. The fraction of sp³-hybridized carbons (Fsp3) is 0.350. The number of halogens is 3. The number of aliphatic hydroxyl groups is 1. The highest BCUT2D eigenvalue weighted by molar-refractivity contribution is 9.10. The average Bonchev–Trinajstić information content (AvgIpc) is 2.70. The maximum absolute atomic E-state index is 13.5. The van der Waals surface area contributed by atoms with Crippen molar-refractivity contribution in [3.05, 3.63) is 73.2 Å². The molecule has 3 atom stereocenters. The Bertz CT molecular complexity index is 1000. The number of benzene rings is 2. The van der Waals surface area contributed by atoms with Crippen LogP contribution in [-0.2, 0) is 19.4 Å². The molecule has 1 unspecified atom stereocenters. The molecule has 0 saturated heterocycles. The summed E-state index contributed by atoms with van der Waals surface area (Å²) in [6.07, 6.45) is -3.58. The Balaban J connectivity index is 1.97. The van der Waals surface area contributed by atoms with Crippen LogP contribution in [0.25, 0.3) is 0 Å². The number of rotatable bonds is 6. The summed E-state index contributed by atoms with van der Waals surface area (Å²) in [4.78, 5) is 23.8. The molecule has 11 heteroatoms. The van der Waals surface area contributed by atoms with E-state index in [1.165, 1.54) is 7.11 Å². The molecule has 31 heavy (non-hydrogen) atoms. The van der Waals surface area contributed by atoms with Crippen LogP contribution in [0, 0.1) is 21.7 Å². The quantitative estimate of drug-likeness (QED) is 0.464. The minimum Gasteiger partial charge on any atom is -0.496 e. The molecule has 1 heterocycles. The Morgan fingerprint density at radius 2 is 1.97 bits per heavy atom. The molecule has 3 rings (SSSR count). The molecule has 1 aliphatic heterocycles. The topological polar surface area (TPSA) is 113 Å². The second-order valence-electron chi connectivity index (χ2n) is 7.21. The lowest BCUT2D eigenvalue weighted by Gasteiger charge is -2.39.